The zero-order chi connectivity index (χ0) is 21.1. The smallest absolute Gasteiger partial charge is 0.422 e. The van der Waals surface area contributed by atoms with E-state index in [4.69, 9.17) is 4.74 Å². The number of halogens is 3. The van der Waals surface area contributed by atoms with Gasteiger partial charge in [0.15, 0.2) is 22.5 Å². The molecule has 0 spiro atoms. The number of esters is 1. The minimum atomic E-state index is -4.51. The first-order valence-corrected chi connectivity index (χ1v) is 10.0. The molecule has 12 heteroatoms. The normalized spacial score (nSPS) is 19.7. The second kappa shape index (κ2) is 8.33. The fourth-order valence-electron chi connectivity index (χ4n) is 2.57. The van der Waals surface area contributed by atoms with E-state index in [1.54, 1.807) is 0 Å². The number of aromatic nitrogens is 1. The van der Waals surface area contributed by atoms with E-state index in [1.165, 1.54) is 18.9 Å². The van der Waals surface area contributed by atoms with E-state index >= 15 is 0 Å². The van der Waals surface area contributed by atoms with Gasteiger partial charge in [0.05, 0.1) is 17.1 Å². The number of ether oxygens (including phenoxy) is 2. The Kier molecular flexibility index (Phi) is 6.52. The van der Waals surface area contributed by atoms with Crippen LogP contribution < -0.4 is 4.74 Å². The summed E-state index contributed by atoms with van der Waals surface area (Å²) in [4.78, 5) is 29.3. The van der Waals surface area contributed by atoms with E-state index in [2.05, 4.69) is 9.72 Å². The maximum absolute atomic E-state index is 12.4. The number of likely N-dealkylation sites (N-methyl/N-ethyl adjacent to an activating group) is 1. The summed E-state index contributed by atoms with van der Waals surface area (Å²) in [6.07, 6.45) is -4.41. The molecule has 1 aromatic heterocycles. The van der Waals surface area contributed by atoms with Crippen LogP contribution in [0.3, 0.4) is 0 Å². The van der Waals surface area contributed by atoms with Gasteiger partial charge in [-0.25, -0.2) is 18.2 Å². The predicted octanol–water partition coefficient (Wildman–Crippen LogP) is 1.21. The summed E-state index contributed by atoms with van der Waals surface area (Å²) < 4.78 is 68.8. The van der Waals surface area contributed by atoms with Gasteiger partial charge in [0.1, 0.15) is 0 Å². The zero-order valence-electron chi connectivity index (χ0n) is 15.1. The Balaban J connectivity index is 1.91. The summed E-state index contributed by atoms with van der Waals surface area (Å²) in [7, 11) is -1.74. The zero-order valence-corrected chi connectivity index (χ0v) is 15.9. The summed E-state index contributed by atoms with van der Waals surface area (Å²) in [6, 6.07) is 1.75. The highest BCUT2D eigenvalue weighted by Crippen LogP contribution is 2.19. The number of carbonyl (C=O) groups excluding carboxylic acids is 2. The van der Waals surface area contributed by atoms with Crippen molar-refractivity contribution in [2.45, 2.75) is 31.7 Å². The molecule has 8 nitrogen and oxygen atoms in total. The molecule has 1 aromatic rings. The number of alkyl halides is 3. The third-order valence-electron chi connectivity index (χ3n) is 4.09. The lowest BCUT2D eigenvalue weighted by Gasteiger charge is -2.26. The predicted molar refractivity (Wildman–Crippen MR) is 90.5 cm³/mol. The number of rotatable bonds is 6. The standard InChI is InChI=1S/C16H19F3N2O6S/c1-10(14(22)21(2)12-5-6-28(24,25)8-12)27-15(23)11-3-4-13(20-7-11)26-9-16(17,18)19/h3-4,7,10,12H,5-6,8-9H2,1-2H3/t10-,12-/m1/s1. The van der Waals surface area contributed by atoms with E-state index in [-0.39, 0.29) is 22.9 Å². The molecule has 2 atom stereocenters. The van der Waals surface area contributed by atoms with Gasteiger partial charge >= 0.3 is 12.1 Å². The summed E-state index contributed by atoms with van der Waals surface area (Å²) in [5.41, 5.74) is -0.0786. The van der Waals surface area contributed by atoms with Crippen molar-refractivity contribution in [1.82, 2.24) is 9.88 Å². The quantitative estimate of drug-likeness (QED) is 0.633. The lowest BCUT2D eigenvalue weighted by Crippen LogP contribution is -2.44. The molecule has 0 aromatic carbocycles. The minimum Gasteiger partial charge on any atom is -0.468 e. The average molecular weight is 424 g/mol. The molecule has 0 radical (unpaired) electrons. The second-order valence-electron chi connectivity index (χ2n) is 6.34. The van der Waals surface area contributed by atoms with Crippen LogP contribution in [0.25, 0.3) is 0 Å². The Morgan fingerprint density at radius 1 is 1.36 bits per heavy atom. The van der Waals surface area contributed by atoms with Crippen molar-refractivity contribution in [3.63, 3.8) is 0 Å². The number of hydrogen-bond acceptors (Lipinski definition) is 7. The maximum atomic E-state index is 12.4. The van der Waals surface area contributed by atoms with Crippen LogP contribution in [0.15, 0.2) is 18.3 Å². The maximum Gasteiger partial charge on any atom is 0.422 e. The van der Waals surface area contributed by atoms with Crippen molar-refractivity contribution in [3.05, 3.63) is 23.9 Å². The van der Waals surface area contributed by atoms with E-state index in [9.17, 15) is 31.2 Å². The molecular weight excluding hydrogens is 405 g/mol. The average Bonchev–Trinajstić information content (AvgIpc) is 2.98. The molecule has 0 N–H and O–H groups in total. The van der Waals surface area contributed by atoms with Crippen molar-refractivity contribution in [2.24, 2.45) is 0 Å². The summed E-state index contributed by atoms with van der Waals surface area (Å²) in [5.74, 6) is -1.92. The molecule has 1 amide bonds. The molecule has 2 rings (SSSR count). The fraction of sp³-hybridized carbons (Fsp3) is 0.562. The Morgan fingerprint density at radius 2 is 2.04 bits per heavy atom. The third-order valence-corrected chi connectivity index (χ3v) is 5.84. The van der Waals surface area contributed by atoms with Gasteiger partial charge in [0.25, 0.3) is 5.91 Å². The van der Waals surface area contributed by atoms with Crippen LogP contribution in [0.1, 0.15) is 23.7 Å². The summed E-state index contributed by atoms with van der Waals surface area (Å²) in [6.45, 7) is -0.174. The number of carbonyl (C=O) groups is 2. The molecular formula is C16H19F3N2O6S. The van der Waals surface area contributed by atoms with Gasteiger partial charge in [-0.2, -0.15) is 13.2 Å². The third kappa shape index (κ3) is 6.08. The second-order valence-corrected chi connectivity index (χ2v) is 8.57. The molecule has 1 aliphatic rings. The van der Waals surface area contributed by atoms with Crippen molar-refractivity contribution in [2.75, 3.05) is 25.2 Å². The number of nitrogens with zero attached hydrogens (tertiary/aromatic N) is 2. The van der Waals surface area contributed by atoms with E-state index in [0.29, 0.717) is 6.42 Å². The Bertz CT molecular complexity index is 826. The van der Waals surface area contributed by atoms with Crippen molar-refractivity contribution in [1.29, 1.82) is 0 Å². The minimum absolute atomic E-state index is 0.00210. The van der Waals surface area contributed by atoms with Gasteiger partial charge < -0.3 is 14.4 Å². The first kappa shape index (κ1) is 21.9. The van der Waals surface area contributed by atoms with Crippen LogP contribution in [0.2, 0.25) is 0 Å². The van der Waals surface area contributed by atoms with Gasteiger partial charge in [0, 0.05) is 25.4 Å². The van der Waals surface area contributed by atoms with Crippen LogP contribution in [-0.2, 0) is 19.4 Å². The molecule has 1 fully saturated rings. The lowest BCUT2D eigenvalue weighted by molar-refractivity contribution is -0.154. The highest BCUT2D eigenvalue weighted by molar-refractivity contribution is 7.91. The van der Waals surface area contributed by atoms with Crippen LogP contribution >= 0.6 is 0 Å². The molecule has 0 bridgehead atoms. The van der Waals surface area contributed by atoms with Gasteiger partial charge in [-0.3, -0.25) is 4.79 Å². The Morgan fingerprint density at radius 3 is 2.54 bits per heavy atom. The fourth-order valence-corrected chi connectivity index (χ4v) is 4.34. The van der Waals surface area contributed by atoms with Crippen LogP contribution in [-0.4, -0.2) is 73.7 Å². The van der Waals surface area contributed by atoms with Gasteiger partial charge in [-0.15, -0.1) is 0 Å². The summed E-state index contributed by atoms with van der Waals surface area (Å²) >= 11 is 0. The molecule has 156 valence electrons. The van der Waals surface area contributed by atoms with Crippen LogP contribution in [0.5, 0.6) is 5.88 Å². The number of sulfone groups is 1. The van der Waals surface area contributed by atoms with Crippen molar-refractivity contribution < 1.29 is 40.7 Å². The van der Waals surface area contributed by atoms with Crippen molar-refractivity contribution in [3.8, 4) is 5.88 Å². The molecule has 0 saturated carbocycles. The van der Waals surface area contributed by atoms with Crippen LogP contribution in [0.4, 0.5) is 13.2 Å². The first-order valence-electron chi connectivity index (χ1n) is 8.21. The highest BCUT2D eigenvalue weighted by Gasteiger charge is 2.35. The van der Waals surface area contributed by atoms with Gasteiger partial charge in [-0.1, -0.05) is 0 Å². The van der Waals surface area contributed by atoms with Gasteiger partial charge in [0.2, 0.25) is 5.88 Å². The van der Waals surface area contributed by atoms with E-state index < -0.39 is 46.6 Å². The monoisotopic (exact) mass is 424 g/mol. The van der Waals surface area contributed by atoms with E-state index in [1.807, 2.05) is 0 Å². The molecule has 1 saturated heterocycles. The van der Waals surface area contributed by atoms with Gasteiger partial charge in [-0.05, 0) is 19.4 Å². The molecule has 1 aliphatic heterocycles. The Labute approximate surface area is 159 Å². The summed E-state index contributed by atoms with van der Waals surface area (Å²) in [5, 5.41) is 0. The van der Waals surface area contributed by atoms with Crippen molar-refractivity contribution >= 4 is 21.7 Å². The molecule has 0 aliphatic carbocycles. The number of amides is 1. The number of pyridine rings is 1. The number of hydrogen-bond donors (Lipinski definition) is 0. The molecule has 2 heterocycles. The topological polar surface area (TPSA) is 103 Å². The SMILES string of the molecule is C[C@@H](OC(=O)c1ccc(OCC(F)(F)F)nc1)C(=O)N(C)[C@@H]1CCS(=O)(=O)C1. The highest BCUT2D eigenvalue weighted by atomic mass is 32.2. The van der Waals surface area contributed by atoms with Crippen LogP contribution in [0, 0.1) is 0 Å². The molecule has 0 unspecified atom stereocenters. The Hall–Kier alpha value is -2.37. The molecule has 28 heavy (non-hydrogen) atoms. The lowest BCUT2D eigenvalue weighted by atomic mass is 10.2. The largest absolute Gasteiger partial charge is 0.468 e. The first-order chi connectivity index (χ1) is 12.9. The van der Waals surface area contributed by atoms with E-state index in [0.717, 1.165) is 18.3 Å².